The van der Waals surface area contributed by atoms with Crippen LogP contribution >= 0.6 is 0 Å². The van der Waals surface area contributed by atoms with Gasteiger partial charge in [-0.15, -0.1) is 0 Å². The first-order valence-electron chi connectivity index (χ1n) is 7.91. The van der Waals surface area contributed by atoms with Gasteiger partial charge in [-0.05, 0) is 37.6 Å². The zero-order chi connectivity index (χ0) is 15.6. The SMILES string of the molecule is OC[C@@H]1CCCCN1Cc1nc(-c2ccc3c(c2)OCO3)no1. The Kier molecular flexibility index (Phi) is 3.88. The average Bonchev–Trinajstić information content (AvgIpc) is 3.23. The third-order valence-electron chi connectivity index (χ3n) is 4.40. The smallest absolute Gasteiger partial charge is 0.241 e. The van der Waals surface area contributed by atoms with E-state index < -0.39 is 0 Å². The molecule has 0 radical (unpaired) electrons. The maximum absolute atomic E-state index is 9.48. The third-order valence-corrected chi connectivity index (χ3v) is 4.40. The Hall–Kier alpha value is -2.12. The first kappa shape index (κ1) is 14.5. The van der Waals surface area contributed by atoms with Gasteiger partial charge in [0.2, 0.25) is 18.5 Å². The summed E-state index contributed by atoms with van der Waals surface area (Å²) in [6.45, 7) is 1.94. The summed E-state index contributed by atoms with van der Waals surface area (Å²) in [5.74, 6) is 2.54. The predicted octanol–water partition coefficient (Wildman–Crippen LogP) is 1.81. The normalized spacial score (nSPS) is 20.8. The Balaban J connectivity index is 1.50. The van der Waals surface area contributed by atoms with Gasteiger partial charge in [0.1, 0.15) is 0 Å². The van der Waals surface area contributed by atoms with Gasteiger partial charge in [-0.25, -0.2) is 0 Å². The molecule has 2 aliphatic rings. The van der Waals surface area contributed by atoms with Crippen LogP contribution in [0, 0.1) is 0 Å². The molecule has 1 atom stereocenters. The van der Waals surface area contributed by atoms with Gasteiger partial charge in [0.25, 0.3) is 0 Å². The Bertz CT molecular complexity index is 688. The standard InChI is InChI=1S/C16H19N3O4/c20-9-12-3-1-2-6-19(12)8-15-17-16(18-23-15)11-4-5-13-14(7-11)22-10-21-13/h4-5,7,12,20H,1-3,6,8-10H2/t12-/m0/s1. The molecule has 2 aliphatic heterocycles. The number of hydrogen-bond acceptors (Lipinski definition) is 7. The number of likely N-dealkylation sites (tertiary alicyclic amines) is 1. The molecule has 0 saturated carbocycles. The average molecular weight is 317 g/mol. The van der Waals surface area contributed by atoms with E-state index >= 15 is 0 Å². The molecule has 23 heavy (non-hydrogen) atoms. The van der Waals surface area contributed by atoms with Crippen LogP contribution in [0.2, 0.25) is 0 Å². The van der Waals surface area contributed by atoms with E-state index in [1.165, 1.54) is 0 Å². The Morgan fingerprint density at radius 1 is 1.22 bits per heavy atom. The van der Waals surface area contributed by atoms with Gasteiger partial charge in [-0.1, -0.05) is 11.6 Å². The highest BCUT2D eigenvalue weighted by Gasteiger charge is 2.24. The number of ether oxygens (including phenoxy) is 2. The molecule has 1 fully saturated rings. The second-order valence-corrected chi connectivity index (χ2v) is 5.88. The Morgan fingerprint density at radius 2 is 2.13 bits per heavy atom. The first-order valence-corrected chi connectivity index (χ1v) is 7.91. The number of benzene rings is 1. The molecular formula is C16H19N3O4. The molecule has 0 aliphatic carbocycles. The van der Waals surface area contributed by atoms with Crippen LogP contribution in [0.1, 0.15) is 25.2 Å². The predicted molar refractivity (Wildman–Crippen MR) is 81.0 cm³/mol. The van der Waals surface area contributed by atoms with E-state index in [1.807, 2.05) is 18.2 Å². The summed E-state index contributed by atoms with van der Waals surface area (Å²) < 4.78 is 16.1. The minimum absolute atomic E-state index is 0.170. The van der Waals surface area contributed by atoms with E-state index in [1.54, 1.807) is 0 Å². The summed E-state index contributed by atoms with van der Waals surface area (Å²) in [6, 6.07) is 5.78. The molecule has 0 unspecified atom stereocenters. The maximum Gasteiger partial charge on any atom is 0.241 e. The van der Waals surface area contributed by atoms with Gasteiger partial charge >= 0.3 is 0 Å². The van der Waals surface area contributed by atoms with Crippen LogP contribution < -0.4 is 9.47 Å². The lowest BCUT2D eigenvalue weighted by atomic mass is 10.0. The fourth-order valence-corrected chi connectivity index (χ4v) is 3.12. The number of aliphatic hydroxyl groups is 1. The molecule has 7 nitrogen and oxygen atoms in total. The Labute approximate surface area is 133 Å². The van der Waals surface area contributed by atoms with Crippen molar-refractivity contribution in [3.8, 4) is 22.9 Å². The molecule has 122 valence electrons. The summed E-state index contributed by atoms with van der Waals surface area (Å²) in [4.78, 5) is 6.68. The van der Waals surface area contributed by atoms with Gasteiger partial charge in [0.15, 0.2) is 11.5 Å². The number of piperidine rings is 1. The summed E-state index contributed by atoms with van der Waals surface area (Å²) in [6.07, 6.45) is 3.31. The van der Waals surface area contributed by atoms with Crippen molar-refractivity contribution >= 4 is 0 Å². The minimum atomic E-state index is 0.170. The fraction of sp³-hybridized carbons (Fsp3) is 0.500. The number of fused-ring (bicyclic) bond motifs is 1. The first-order chi connectivity index (χ1) is 11.3. The van der Waals surface area contributed by atoms with E-state index in [-0.39, 0.29) is 19.4 Å². The molecule has 7 heteroatoms. The molecule has 1 saturated heterocycles. The minimum Gasteiger partial charge on any atom is -0.454 e. The van der Waals surface area contributed by atoms with Crippen molar-refractivity contribution in [2.45, 2.75) is 31.8 Å². The molecule has 2 aromatic rings. The molecule has 1 N–H and O–H groups in total. The molecule has 4 rings (SSSR count). The highest BCUT2D eigenvalue weighted by Crippen LogP contribution is 2.35. The number of hydrogen-bond donors (Lipinski definition) is 1. The van der Waals surface area contributed by atoms with Crippen molar-refractivity contribution in [1.82, 2.24) is 15.0 Å². The van der Waals surface area contributed by atoms with E-state index in [9.17, 15) is 5.11 Å². The summed E-state index contributed by atoms with van der Waals surface area (Å²) in [5, 5.41) is 13.5. The lowest BCUT2D eigenvalue weighted by Gasteiger charge is -2.33. The van der Waals surface area contributed by atoms with Crippen molar-refractivity contribution in [2.24, 2.45) is 0 Å². The quantitative estimate of drug-likeness (QED) is 0.921. The number of aliphatic hydroxyl groups excluding tert-OH is 1. The highest BCUT2D eigenvalue weighted by atomic mass is 16.7. The lowest BCUT2D eigenvalue weighted by molar-refractivity contribution is 0.0749. The zero-order valence-electron chi connectivity index (χ0n) is 12.8. The molecule has 0 bridgehead atoms. The number of aromatic nitrogens is 2. The molecular weight excluding hydrogens is 298 g/mol. The van der Waals surface area contributed by atoms with E-state index in [0.29, 0.717) is 24.0 Å². The van der Waals surface area contributed by atoms with Gasteiger partial charge in [-0.2, -0.15) is 4.98 Å². The van der Waals surface area contributed by atoms with Gasteiger partial charge in [0.05, 0.1) is 13.2 Å². The maximum atomic E-state index is 9.48. The molecule has 3 heterocycles. The summed E-state index contributed by atoms with van der Waals surface area (Å²) >= 11 is 0. The zero-order valence-corrected chi connectivity index (χ0v) is 12.8. The monoisotopic (exact) mass is 317 g/mol. The van der Waals surface area contributed by atoms with Crippen LogP contribution in [0.5, 0.6) is 11.5 Å². The largest absolute Gasteiger partial charge is 0.454 e. The van der Waals surface area contributed by atoms with Crippen LogP contribution in [-0.4, -0.2) is 46.1 Å². The van der Waals surface area contributed by atoms with E-state index in [4.69, 9.17) is 14.0 Å². The van der Waals surface area contributed by atoms with Crippen LogP contribution in [0.4, 0.5) is 0 Å². The number of rotatable bonds is 4. The van der Waals surface area contributed by atoms with E-state index in [2.05, 4.69) is 15.0 Å². The molecule has 1 aromatic carbocycles. The van der Waals surface area contributed by atoms with Crippen LogP contribution in [0.15, 0.2) is 22.7 Å². The fourth-order valence-electron chi connectivity index (χ4n) is 3.12. The van der Waals surface area contributed by atoms with Crippen molar-refractivity contribution in [3.63, 3.8) is 0 Å². The van der Waals surface area contributed by atoms with Gasteiger partial charge in [0, 0.05) is 11.6 Å². The second-order valence-electron chi connectivity index (χ2n) is 5.88. The Morgan fingerprint density at radius 3 is 3.04 bits per heavy atom. The van der Waals surface area contributed by atoms with Gasteiger partial charge < -0.3 is 19.1 Å². The van der Waals surface area contributed by atoms with Crippen LogP contribution in [-0.2, 0) is 6.54 Å². The van der Waals surface area contributed by atoms with Crippen molar-refractivity contribution < 1.29 is 19.1 Å². The van der Waals surface area contributed by atoms with Crippen LogP contribution in [0.3, 0.4) is 0 Å². The van der Waals surface area contributed by atoms with Crippen molar-refractivity contribution in [3.05, 3.63) is 24.1 Å². The second kappa shape index (κ2) is 6.17. The van der Waals surface area contributed by atoms with Crippen molar-refractivity contribution in [2.75, 3.05) is 19.9 Å². The number of nitrogens with zero attached hydrogens (tertiary/aromatic N) is 3. The third kappa shape index (κ3) is 2.89. The van der Waals surface area contributed by atoms with Crippen molar-refractivity contribution in [1.29, 1.82) is 0 Å². The molecule has 1 aromatic heterocycles. The summed E-state index contributed by atoms with van der Waals surface area (Å²) in [5.41, 5.74) is 0.835. The lowest BCUT2D eigenvalue weighted by Crippen LogP contribution is -2.41. The van der Waals surface area contributed by atoms with Gasteiger partial charge in [-0.3, -0.25) is 4.90 Å². The highest BCUT2D eigenvalue weighted by molar-refractivity contribution is 5.61. The topological polar surface area (TPSA) is 80.9 Å². The summed E-state index contributed by atoms with van der Waals surface area (Å²) in [7, 11) is 0. The molecule has 0 spiro atoms. The van der Waals surface area contributed by atoms with Crippen LogP contribution in [0.25, 0.3) is 11.4 Å². The van der Waals surface area contributed by atoms with E-state index in [0.717, 1.165) is 37.1 Å². The molecule has 0 amide bonds.